The molecular weight excluding hydrogens is 251 g/mol. The molecule has 102 valence electrons. The van der Waals surface area contributed by atoms with Crippen LogP contribution in [0.2, 0.25) is 0 Å². The number of para-hydroxylation sites is 1. The van der Waals surface area contributed by atoms with Crippen LogP contribution in [0.15, 0.2) is 24.3 Å². The molecule has 0 aromatic heterocycles. The van der Waals surface area contributed by atoms with Crippen molar-refractivity contribution in [3.8, 4) is 0 Å². The quantitative estimate of drug-likeness (QED) is 0.859. The Labute approximate surface area is 110 Å². The molecule has 1 saturated carbocycles. The van der Waals surface area contributed by atoms with Gasteiger partial charge in [-0.1, -0.05) is 12.1 Å². The van der Waals surface area contributed by atoms with Gasteiger partial charge in [0.1, 0.15) is 5.82 Å². The number of nitrogens with one attached hydrogen (secondary N) is 1. The first-order chi connectivity index (χ1) is 9.08. The Kier molecular flexibility index (Phi) is 3.99. The summed E-state index contributed by atoms with van der Waals surface area (Å²) in [4.78, 5) is 24.0. The van der Waals surface area contributed by atoms with Gasteiger partial charge in [-0.15, -0.1) is 0 Å². The fourth-order valence-electron chi connectivity index (χ4n) is 1.80. The van der Waals surface area contributed by atoms with Crippen LogP contribution < -0.4 is 5.32 Å². The summed E-state index contributed by atoms with van der Waals surface area (Å²) in [6, 6.07) is 5.51. The van der Waals surface area contributed by atoms with Crippen LogP contribution in [0.25, 0.3) is 0 Å². The standard InChI is InChI=1S/C13H15FN2O3/c14-10-3-1-2-4-11(10)15-13(19)16(9-5-6-9)8-7-12(17)18/h1-4,9H,5-8H2,(H,15,19)(H,17,18). The smallest absolute Gasteiger partial charge is 0.322 e. The van der Waals surface area contributed by atoms with E-state index in [1.807, 2.05) is 0 Å². The molecule has 0 spiro atoms. The zero-order valence-electron chi connectivity index (χ0n) is 10.3. The molecule has 0 saturated heterocycles. The highest BCUT2D eigenvalue weighted by molar-refractivity contribution is 5.90. The minimum Gasteiger partial charge on any atom is -0.481 e. The van der Waals surface area contributed by atoms with E-state index >= 15 is 0 Å². The normalized spacial score (nSPS) is 13.9. The molecule has 0 atom stereocenters. The van der Waals surface area contributed by atoms with Crippen molar-refractivity contribution >= 4 is 17.7 Å². The van der Waals surface area contributed by atoms with Crippen LogP contribution in [0.1, 0.15) is 19.3 Å². The van der Waals surface area contributed by atoms with Gasteiger partial charge >= 0.3 is 12.0 Å². The lowest BCUT2D eigenvalue weighted by Gasteiger charge is -2.22. The summed E-state index contributed by atoms with van der Waals surface area (Å²) < 4.78 is 13.4. The SMILES string of the molecule is O=C(O)CCN(C(=O)Nc1ccccc1F)C1CC1. The van der Waals surface area contributed by atoms with Crippen LogP contribution in [0.4, 0.5) is 14.9 Å². The Bertz CT molecular complexity index is 489. The Morgan fingerprint density at radius 1 is 1.37 bits per heavy atom. The zero-order valence-corrected chi connectivity index (χ0v) is 10.3. The first-order valence-electron chi connectivity index (χ1n) is 6.12. The topological polar surface area (TPSA) is 69.6 Å². The molecule has 2 rings (SSSR count). The molecule has 0 heterocycles. The largest absolute Gasteiger partial charge is 0.481 e. The zero-order chi connectivity index (χ0) is 13.8. The van der Waals surface area contributed by atoms with Crippen LogP contribution in [-0.2, 0) is 4.79 Å². The summed E-state index contributed by atoms with van der Waals surface area (Å²) in [7, 11) is 0. The van der Waals surface area contributed by atoms with Crippen molar-refractivity contribution in [2.75, 3.05) is 11.9 Å². The summed E-state index contributed by atoms with van der Waals surface area (Å²) in [5, 5.41) is 11.1. The highest BCUT2D eigenvalue weighted by Crippen LogP contribution is 2.27. The van der Waals surface area contributed by atoms with Crippen LogP contribution in [-0.4, -0.2) is 34.6 Å². The summed E-state index contributed by atoms with van der Waals surface area (Å²) in [5.41, 5.74) is 0.105. The van der Waals surface area contributed by atoms with Crippen molar-refractivity contribution in [2.24, 2.45) is 0 Å². The van der Waals surface area contributed by atoms with E-state index in [0.29, 0.717) is 0 Å². The van der Waals surface area contributed by atoms with Gasteiger partial charge in [0.25, 0.3) is 0 Å². The second-order valence-electron chi connectivity index (χ2n) is 4.48. The highest BCUT2D eigenvalue weighted by atomic mass is 19.1. The maximum atomic E-state index is 13.4. The maximum absolute atomic E-state index is 13.4. The molecule has 19 heavy (non-hydrogen) atoms. The molecule has 2 amide bonds. The molecular formula is C13H15FN2O3. The Hall–Kier alpha value is -2.11. The average molecular weight is 266 g/mol. The van der Waals surface area contributed by atoms with Gasteiger partial charge in [-0.05, 0) is 25.0 Å². The van der Waals surface area contributed by atoms with E-state index in [1.54, 1.807) is 6.07 Å². The van der Waals surface area contributed by atoms with E-state index < -0.39 is 17.8 Å². The molecule has 1 aromatic rings. The lowest BCUT2D eigenvalue weighted by Crippen LogP contribution is -2.38. The van der Waals surface area contributed by atoms with Crippen LogP contribution >= 0.6 is 0 Å². The van der Waals surface area contributed by atoms with E-state index in [0.717, 1.165) is 12.8 Å². The number of aliphatic carboxylic acids is 1. The molecule has 0 bridgehead atoms. The molecule has 1 aromatic carbocycles. The summed E-state index contributed by atoms with van der Waals surface area (Å²) in [6.07, 6.45) is 1.62. The van der Waals surface area contributed by atoms with Gasteiger partial charge in [0.2, 0.25) is 0 Å². The van der Waals surface area contributed by atoms with E-state index in [4.69, 9.17) is 5.11 Å². The predicted molar refractivity (Wildman–Crippen MR) is 67.4 cm³/mol. The first-order valence-corrected chi connectivity index (χ1v) is 6.12. The van der Waals surface area contributed by atoms with Gasteiger partial charge in [0.15, 0.2) is 0 Å². The lowest BCUT2D eigenvalue weighted by atomic mass is 10.3. The lowest BCUT2D eigenvalue weighted by molar-refractivity contribution is -0.137. The van der Waals surface area contributed by atoms with E-state index in [9.17, 15) is 14.0 Å². The molecule has 1 fully saturated rings. The number of carbonyl (C=O) groups is 2. The number of hydrogen-bond donors (Lipinski definition) is 2. The number of halogens is 1. The van der Waals surface area contributed by atoms with E-state index in [1.165, 1.54) is 23.1 Å². The summed E-state index contributed by atoms with van der Waals surface area (Å²) >= 11 is 0. The number of nitrogens with zero attached hydrogens (tertiary/aromatic N) is 1. The van der Waals surface area contributed by atoms with Crippen LogP contribution in [0, 0.1) is 5.82 Å². The monoisotopic (exact) mass is 266 g/mol. The van der Waals surface area contributed by atoms with Crippen LogP contribution in [0.3, 0.4) is 0 Å². The third-order valence-corrected chi connectivity index (χ3v) is 2.93. The number of rotatable bonds is 5. The van der Waals surface area contributed by atoms with Crippen LogP contribution in [0.5, 0.6) is 0 Å². The molecule has 0 aliphatic heterocycles. The molecule has 0 unspecified atom stereocenters. The minimum atomic E-state index is -0.954. The van der Waals surface area contributed by atoms with Gasteiger partial charge in [-0.25, -0.2) is 9.18 Å². The number of benzene rings is 1. The summed E-state index contributed by atoms with van der Waals surface area (Å²) in [6.45, 7) is 0.139. The third-order valence-electron chi connectivity index (χ3n) is 2.93. The minimum absolute atomic E-state index is 0.0751. The predicted octanol–water partition coefficient (Wildman–Crippen LogP) is 2.30. The van der Waals surface area contributed by atoms with Gasteiger partial charge in [-0.2, -0.15) is 0 Å². The molecule has 2 N–H and O–H groups in total. The Morgan fingerprint density at radius 3 is 2.63 bits per heavy atom. The Morgan fingerprint density at radius 2 is 2.05 bits per heavy atom. The molecule has 0 radical (unpaired) electrons. The molecule has 6 heteroatoms. The second kappa shape index (κ2) is 5.69. The number of carbonyl (C=O) groups excluding carboxylic acids is 1. The number of hydrogen-bond acceptors (Lipinski definition) is 2. The first kappa shape index (κ1) is 13.3. The van der Waals surface area contributed by atoms with Gasteiger partial charge < -0.3 is 15.3 Å². The maximum Gasteiger partial charge on any atom is 0.322 e. The number of carboxylic acids is 1. The highest BCUT2D eigenvalue weighted by Gasteiger charge is 2.32. The molecule has 5 nitrogen and oxygen atoms in total. The number of urea groups is 1. The van der Waals surface area contributed by atoms with Crippen molar-refractivity contribution in [3.63, 3.8) is 0 Å². The van der Waals surface area contributed by atoms with Crippen molar-refractivity contribution < 1.29 is 19.1 Å². The average Bonchev–Trinajstić information content (AvgIpc) is 3.16. The Balaban J connectivity index is 1.99. The van der Waals surface area contributed by atoms with Gasteiger partial charge in [-0.3, -0.25) is 4.79 Å². The fourth-order valence-corrected chi connectivity index (χ4v) is 1.80. The second-order valence-corrected chi connectivity index (χ2v) is 4.48. The van der Waals surface area contributed by atoms with Crippen molar-refractivity contribution in [3.05, 3.63) is 30.1 Å². The van der Waals surface area contributed by atoms with Gasteiger partial charge in [0.05, 0.1) is 12.1 Å². The van der Waals surface area contributed by atoms with Crippen molar-refractivity contribution in [1.82, 2.24) is 4.90 Å². The summed E-state index contributed by atoms with van der Waals surface area (Å²) in [5.74, 6) is -1.46. The van der Waals surface area contributed by atoms with E-state index in [2.05, 4.69) is 5.32 Å². The van der Waals surface area contributed by atoms with Crippen molar-refractivity contribution in [1.29, 1.82) is 0 Å². The fraction of sp³-hybridized carbons (Fsp3) is 0.385. The van der Waals surface area contributed by atoms with Gasteiger partial charge in [0, 0.05) is 12.6 Å². The third kappa shape index (κ3) is 3.67. The molecule has 1 aliphatic rings. The van der Waals surface area contributed by atoms with E-state index in [-0.39, 0.29) is 24.7 Å². The number of carboxylic acid groups (broad SMARTS) is 1. The number of anilines is 1. The number of amides is 2. The van der Waals surface area contributed by atoms with Crippen molar-refractivity contribution in [2.45, 2.75) is 25.3 Å². The molecule has 1 aliphatic carbocycles.